The first kappa shape index (κ1) is 24.0. The minimum absolute atomic E-state index is 0.0281. The Labute approximate surface area is 187 Å². The quantitative estimate of drug-likeness (QED) is 0.471. The largest absolute Gasteiger partial charge is 0.490 e. The van der Waals surface area contributed by atoms with Crippen LogP contribution in [-0.4, -0.2) is 46.3 Å². The maximum absolute atomic E-state index is 13.2. The van der Waals surface area contributed by atoms with Gasteiger partial charge in [-0.25, -0.2) is 16.8 Å². The Morgan fingerprint density at radius 1 is 1.00 bits per heavy atom. The molecule has 0 unspecified atom stereocenters. The number of anilines is 1. The number of ether oxygens (including phenoxy) is 1. The summed E-state index contributed by atoms with van der Waals surface area (Å²) >= 11 is 0. The van der Waals surface area contributed by atoms with Gasteiger partial charge in [0.15, 0.2) is 5.75 Å². The predicted molar refractivity (Wildman–Crippen MR) is 119 cm³/mol. The highest BCUT2D eigenvalue weighted by Gasteiger charge is 2.28. The first-order valence-electron chi connectivity index (χ1n) is 10.0. The lowest BCUT2D eigenvalue weighted by Gasteiger charge is -2.21. The van der Waals surface area contributed by atoms with Gasteiger partial charge in [-0.05, 0) is 49.6 Å². The Hall–Kier alpha value is -2.70. The SMILES string of the molecule is COc1ccc(S(=O)(=O)Nc2ccc(C)c(S(=O)(=O)N3CCCCCC3)c2)cc1[N+](=O)[O-]. The van der Waals surface area contributed by atoms with Gasteiger partial charge in [-0.1, -0.05) is 18.9 Å². The van der Waals surface area contributed by atoms with E-state index in [0.717, 1.165) is 31.7 Å². The second kappa shape index (κ2) is 9.43. The number of methoxy groups -OCH3 is 1. The van der Waals surface area contributed by atoms with Crippen LogP contribution >= 0.6 is 0 Å². The van der Waals surface area contributed by atoms with E-state index in [-0.39, 0.29) is 21.2 Å². The van der Waals surface area contributed by atoms with Gasteiger partial charge in [0.1, 0.15) is 0 Å². The molecule has 1 heterocycles. The Balaban J connectivity index is 1.95. The van der Waals surface area contributed by atoms with Crippen molar-refractivity contribution in [1.82, 2.24) is 4.31 Å². The number of nitrogens with zero attached hydrogens (tertiary/aromatic N) is 2. The lowest BCUT2D eigenvalue weighted by atomic mass is 10.2. The summed E-state index contributed by atoms with van der Waals surface area (Å²) in [6, 6.07) is 7.52. The molecule has 1 N–H and O–H groups in total. The fourth-order valence-electron chi connectivity index (χ4n) is 3.56. The minimum atomic E-state index is -4.22. The molecule has 0 atom stereocenters. The van der Waals surface area contributed by atoms with E-state index in [0.29, 0.717) is 18.7 Å². The molecule has 0 radical (unpaired) electrons. The van der Waals surface area contributed by atoms with E-state index in [4.69, 9.17) is 4.74 Å². The summed E-state index contributed by atoms with van der Waals surface area (Å²) in [6.07, 6.45) is 3.50. The highest BCUT2D eigenvalue weighted by Crippen LogP contribution is 2.31. The van der Waals surface area contributed by atoms with Crippen LogP contribution in [0.15, 0.2) is 46.2 Å². The van der Waals surface area contributed by atoms with E-state index in [1.807, 2.05) is 0 Å². The number of aryl methyl sites for hydroxylation is 1. The van der Waals surface area contributed by atoms with Gasteiger partial charge in [0, 0.05) is 19.2 Å². The van der Waals surface area contributed by atoms with Crippen LogP contribution in [0.2, 0.25) is 0 Å². The molecule has 0 saturated carbocycles. The molecular weight excluding hydrogens is 458 g/mol. The molecule has 174 valence electrons. The van der Waals surface area contributed by atoms with Gasteiger partial charge in [0.05, 0.1) is 27.5 Å². The molecule has 32 heavy (non-hydrogen) atoms. The van der Waals surface area contributed by atoms with Gasteiger partial charge in [-0.15, -0.1) is 0 Å². The van der Waals surface area contributed by atoms with Gasteiger partial charge in [-0.3, -0.25) is 14.8 Å². The van der Waals surface area contributed by atoms with E-state index < -0.39 is 30.7 Å². The van der Waals surface area contributed by atoms with Crippen molar-refractivity contribution in [1.29, 1.82) is 0 Å². The third-order valence-electron chi connectivity index (χ3n) is 5.28. The van der Waals surface area contributed by atoms with Crippen LogP contribution < -0.4 is 9.46 Å². The average molecular weight is 484 g/mol. The van der Waals surface area contributed by atoms with Crippen LogP contribution in [0.5, 0.6) is 5.75 Å². The van der Waals surface area contributed by atoms with Crippen molar-refractivity contribution in [3.8, 4) is 5.75 Å². The van der Waals surface area contributed by atoms with E-state index >= 15 is 0 Å². The first-order chi connectivity index (χ1) is 15.1. The second-order valence-electron chi connectivity index (χ2n) is 7.49. The molecule has 1 fully saturated rings. The molecule has 2 aromatic carbocycles. The Morgan fingerprint density at radius 3 is 2.25 bits per heavy atom. The predicted octanol–water partition coefficient (Wildman–Crippen LogP) is 3.28. The van der Waals surface area contributed by atoms with Crippen LogP contribution in [-0.2, 0) is 20.0 Å². The number of sulfonamides is 2. The molecule has 10 nitrogen and oxygen atoms in total. The molecule has 3 rings (SSSR count). The summed E-state index contributed by atoms with van der Waals surface area (Å²) < 4.78 is 60.7. The third-order valence-corrected chi connectivity index (χ3v) is 8.70. The Bertz CT molecular complexity index is 1220. The van der Waals surface area contributed by atoms with Crippen molar-refractivity contribution in [2.24, 2.45) is 0 Å². The molecule has 2 aromatic rings. The van der Waals surface area contributed by atoms with Crippen LogP contribution in [0.3, 0.4) is 0 Å². The van der Waals surface area contributed by atoms with E-state index in [1.54, 1.807) is 6.92 Å². The summed E-state index contributed by atoms with van der Waals surface area (Å²) in [5.41, 5.74) is 0.0449. The molecule has 0 spiro atoms. The normalized spacial score (nSPS) is 15.7. The van der Waals surface area contributed by atoms with Gasteiger partial charge in [0.2, 0.25) is 10.0 Å². The fraction of sp³-hybridized carbons (Fsp3) is 0.400. The third kappa shape index (κ3) is 5.03. The van der Waals surface area contributed by atoms with Crippen molar-refractivity contribution in [2.45, 2.75) is 42.4 Å². The zero-order valence-corrected chi connectivity index (χ0v) is 19.4. The first-order valence-corrected chi connectivity index (χ1v) is 12.9. The van der Waals surface area contributed by atoms with Crippen LogP contribution in [0.4, 0.5) is 11.4 Å². The molecule has 0 bridgehead atoms. The molecular formula is C20H25N3O7S2. The second-order valence-corrected chi connectivity index (χ2v) is 11.1. The summed E-state index contributed by atoms with van der Waals surface area (Å²) in [5.74, 6) is -0.0740. The monoisotopic (exact) mass is 483 g/mol. The Kier molecular flexibility index (Phi) is 7.06. The minimum Gasteiger partial charge on any atom is -0.490 e. The Morgan fingerprint density at radius 2 is 1.66 bits per heavy atom. The lowest BCUT2D eigenvalue weighted by molar-refractivity contribution is -0.386. The summed E-state index contributed by atoms with van der Waals surface area (Å²) in [7, 11) is -6.77. The number of benzene rings is 2. The summed E-state index contributed by atoms with van der Waals surface area (Å²) in [5, 5.41) is 11.2. The van der Waals surface area contributed by atoms with E-state index in [2.05, 4.69) is 4.72 Å². The smallest absolute Gasteiger partial charge is 0.312 e. The number of nitrogens with one attached hydrogen (secondary N) is 1. The van der Waals surface area contributed by atoms with Crippen LogP contribution in [0.25, 0.3) is 0 Å². The van der Waals surface area contributed by atoms with Crippen molar-refractivity contribution in [3.63, 3.8) is 0 Å². The van der Waals surface area contributed by atoms with Crippen molar-refractivity contribution in [2.75, 3.05) is 24.9 Å². The zero-order valence-electron chi connectivity index (χ0n) is 17.8. The number of nitro benzene ring substituents is 1. The van der Waals surface area contributed by atoms with E-state index in [9.17, 15) is 26.9 Å². The molecule has 1 saturated heterocycles. The average Bonchev–Trinajstić information content (AvgIpc) is 3.04. The van der Waals surface area contributed by atoms with Crippen molar-refractivity contribution in [3.05, 3.63) is 52.1 Å². The van der Waals surface area contributed by atoms with Crippen LogP contribution in [0.1, 0.15) is 31.2 Å². The van der Waals surface area contributed by atoms with Gasteiger partial charge >= 0.3 is 5.69 Å². The molecule has 0 aromatic heterocycles. The van der Waals surface area contributed by atoms with Gasteiger partial charge < -0.3 is 4.74 Å². The standard InChI is InChI=1S/C20H25N3O7S2/c1-15-7-8-16(13-20(15)32(28,29)22-11-5-3-4-6-12-22)21-31(26,27)17-9-10-19(30-2)18(14-17)23(24)25/h7-10,13-14,21H,3-6,11-12H2,1-2H3. The fourth-order valence-corrected chi connectivity index (χ4v) is 6.39. The van der Waals surface area contributed by atoms with E-state index in [1.165, 1.54) is 41.7 Å². The topological polar surface area (TPSA) is 136 Å². The van der Waals surface area contributed by atoms with Crippen LogP contribution in [0, 0.1) is 17.0 Å². The number of hydrogen-bond donors (Lipinski definition) is 1. The lowest BCUT2D eigenvalue weighted by Crippen LogP contribution is -2.32. The molecule has 1 aliphatic rings. The number of nitro groups is 1. The maximum atomic E-state index is 13.2. The van der Waals surface area contributed by atoms with Crippen molar-refractivity contribution >= 4 is 31.4 Å². The highest BCUT2D eigenvalue weighted by molar-refractivity contribution is 7.92. The number of rotatable bonds is 7. The van der Waals surface area contributed by atoms with Gasteiger partial charge in [-0.2, -0.15) is 4.31 Å². The van der Waals surface area contributed by atoms with Gasteiger partial charge in [0.25, 0.3) is 10.0 Å². The molecule has 0 amide bonds. The molecule has 1 aliphatic heterocycles. The zero-order chi connectivity index (χ0) is 23.5. The number of hydrogen-bond acceptors (Lipinski definition) is 7. The highest BCUT2D eigenvalue weighted by atomic mass is 32.2. The molecule has 12 heteroatoms. The summed E-state index contributed by atoms with van der Waals surface area (Å²) in [6.45, 7) is 2.50. The maximum Gasteiger partial charge on any atom is 0.312 e. The molecule has 0 aliphatic carbocycles. The summed E-state index contributed by atoms with van der Waals surface area (Å²) in [4.78, 5) is 10.2. The van der Waals surface area contributed by atoms with Crippen molar-refractivity contribution < 1.29 is 26.5 Å².